The summed E-state index contributed by atoms with van der Waals surface area (Å²) in [6, 6.07) is 6.37. The second kappa shape index (κ2) is 4.96. The van der Waals surface area contributed by atoms with Crippen molar-refractivity contribution in [2.45, 2.75) is 13.8 Å². The second-order valence-electron chi connectivity index (χ2n) is 4.52. The molecule has 1 aromatic rings. The van der Waals surface area contributed by atoms with Gasteiger partial charge in [-0.2, -0.15) is 0 Å². The molecule has 18 heavy (non-hydrogen) atoms. The van der Waals surface area contributed by atoms with Gasteiger partial charge in [-0.05, 0) is 37.6 Å². The van der Waals surface area contributed by atoms with Crippen LogP contribution in [0.15, 0.2) is 61.1 Å². The Morgan fingerprint density at radius 1 is 1.28 bits per heavy atom. The average Bonchev–Trinajstić information content (AvgIpc) is 2.32. The van der Waals surface area contributed by atoms with Crippen molar-refractivity contribution in [3.05, 3.63) is 77.8 Å². The summed E-state index contributed by atoms with van der Waals surface area (Å²) >= 11 is 0. The number of allylic oxidation sites excluding steroid dienone is 2. The largest absolute Gasteiger partial charge is 0.362 e. The zero-order chi connectivity index (χ0) is 13.1. The van der Waals surface area contributed by atoms with Gasteiger partial charge in [-0.25, -0.2) is 0 Å². The number of nitrogens with one attached hydrogen (secondary N) is 2. The van der Waals surface area contributed by atoms with Crippen LogP contribution in [-0.4, -0.2) is 0 Å². The summed E-state index contributed by atoms with van der Waals surface area (Å²) in [6.45, 7) is 12.2. The van der Waals surface area contributed by atoms with E-state index in [-0.39, 0.29) is 0 Å². The van der Waals surface area contributed by atoms with E-state index in [9.17, 15) is 0 Å². The van der Waals surface area contributed by atoms with Crippen LogP contribution < -0.4 is 10.6 Å². The van der Waals surface area contributed by atoms with Crippen molar-refractivity contribution in [2.75, 3.05) is 0 Å². The van der Waals surface area contributed by atoms with Gasteiger partial charge in [-0.15, -0.1) is 0 Å². The van der Waals surface area contributed by atoms with E-state index in [2.05, 4.69) is 55.8 Å². The fourth-order valence-corrected chi connectivity index (χ4v) is 1.90. The molecule has 1 aromatic carbocycles. The lowest BCUT2D eigenvalue weighted by Crippen LogP contribution is -2.16. The standard InChI is InChI=1S/C16H18N2/c1-11-5-6-12(2)16(9-11)14(4)18-15-7-8-17-13(3)10-15/h5-10,17-18H,3-4H2,1-2H3. The fourth-order valence-electron chi connectivity index (χ4n) is 1.90. The van der Waals surface area contributed by atoms with Gasteiger partial charge in [0.25, 0.3) is 0 Å². The summed E-state index contributed by atoms with van der Waals surface area (Å²) < 4.78 is 0. The van der Waals surface area contributed by atoms with Gasteiger partial charge >= 0.3 is 0 Å². The van der Waals surface area contributed by atoms with Crippen molar-refractivity contribution in [2.24, 2.45) is 0 Å². The van der Waals surface area contributed by atoms with Crippen LogP contribution in [0.2, 0.25) is 0 Å². The molecule has 0 radical (unpaired) electrons. The summed E-state index contributed by atoms with van der Waals surface area (Å²) in [4.78, 5) is 0. The molecular weight excluding hydrogens is 220 g/mol. The first kappa shape index (κ1) is 12.2. The summed E-state index contributed by atoms with van der Waals surface area (Å²) in [5.74, 6) is 0. The van der Waals surface area contributed by atoms with Crippen molar-refractivity contribution in [1.29, 1.82) is 0 Å². The Kier molecular flexibility index (Phi) is 3.38. The number of hydrogen-bond acceptors (Lipinski definition) is 2. The molecule has 92 valence electrons. The molecule has 2 nitrogen and oxygen atoms in total. The third-order valence-corrected chi connectivity index (χ3v) is 2.87. The van der Waals surface area contributed by atoms with Crippen LogP contribution in [0.1, 0.15) is 16.7 Å². The Morgan fingerprint density at radius 3 is 2.78 bits per heavy atom. The molecule has 0 amide bonds. The van der Waals surface area contributed by atoms with E-state index in [4.69, 9.17) is 0 Å². The van der Waals surface area contributed by atoms with E-state index in [1.54, 1.807) is 0 Å². The smallest absolute Gasteiger partial charge is 0.0419 e. The van der Waals surface area contributed by atoms with Crippen molar-refractivity contribution >= 4 is 5.70 Å². The maximum atomic E-state index is 4.11. The Balaban J connectivity index is 2.20. The maximum absolute atomic E-state index is 4.11. The van der Waals surface area contributed by atoms with Gasteiger partial charge in [0.15, 0.2) is 0 Å². The Hall–Kier alpha value is -2.22. The maximum Gasteiger partial charge on any atom is 0.0419 e. The van der Waals surface area contributed by atoms with E-state index >= 15 is 0 Å². The number of benzene rings is 1. The highest BCUT2D eigenvalue weighted by atomic mass is 14.9. The Labute approximate surface area is 108 Å². The molecule has 0 saturated heterocycles. The molecule has 0 fully saturated rings. The molecule has 0 atom stereocenters. The van der Waals surface area contributed by atoms with E-state index in [1.165, 1.54) is 11.1 Å². The SMILES string of the molecule is C=C1C=C(NC(=C)c2cc(C)ccc2C)C=CN1. The average molecular weight is 238 g/mol. The van der Waals surface area contributed by atoms with E-state index in [0.29, 0.717) is 0 Å². The zero-order valence-corrected chi connectivity index (χ0v) is 10.9. The summed E-state index contributed by atoms with van der Waals surface area (Å²) in [6.07, 6.45) is 5.78. The zero-order valence-electron chi connectivity index (χ0n) is 10.9. The first-order valence-corrected chi connectivity index (χ1v) is 5.93. The lowest BCUT2D eigenvalue weighted by Gasteiger charge is -2.16. The fraction of sp³-hybridized carbons (Fsp3) is 0.125. The number of rotatable bonds is 3. The minimum Gasteiger partial charge on any atom is -0.362 e. The van der Waals surface area contributed by atoms with Crippen molar-refractivity contribution in [3.63, 3.8) is 0 Å². The highest BCUT2D eigenvalue weighted by molar-refractivity contribution is 5.67. The molecule has 2 N–H and O–H groups in total. The molecule has 0 aromatic heterocycles. The molecule has 2 heteroatoms. The Morgan fingerprint density at radius 2 is 2.06 bits per heavy atom. The van der Waals surface area contributed by atoms with E-state index < -0.39 is 0 Å². The first-order chi connectivity index (χ1) is 8.56. The third kappa shape index (κ3) is 2.72. The minimum absolute atomic E-state index is 0.869. The van der Waals surface area contributed by atoms with Gasteiger partial charge in [-0.1, -0.05) is 30.9 Å². The predicted octanol–water partition coefficient (Wildman–Crippen LogP) is 3.38. The highest BCUT2D eigenvalue weighted by Crippen LogP contribution is 2.18. The molecule has 2 rings (SSSR count). The topological polar surface area (TPSA) is 24.1 Å². The van der Waals surface area contributed by atoms with Gasteiger partial charge in [-0.3, -0.25) is 0 Å². The van der Waals surface area contributed by atoms with E-state index in [0.717, 1.165) is 22.7 Å². The van der Waals surface area contributed by atoms with Crippen LogP contribution in [-0.2, 0) is 0 Å². The molecule has 0 saturated carbocycles. The van der Waals surface area contributed by atoms with Gasteiger partial charge in [0.2, 0.25) is 0 Å². The molecular formula is C16H18N2. The van der Waals surface area contributed by atoms with Gasteiger partial charge < -0.3 is 10.6 Å². The Bertz CT molecular complexity index is 562. The number of aryl methyl sites for hydroxylation is 2. The number of hydrogen-bond donors (Lipinski definition) is 2. The van der Waals surface area contributed by atoms with Crippen LogP contribution in [0.3, 0.4) is 0 Å². The van der Waals surface area contributed by atoms with Crippen LogP contribution in [0.5, 0.6) is 0 Å². The molecule has 1 aliphatic heterocycles. The van der Waals surface area contributed by atoms with Crippen molar-refractivity contribution in [3.8, 4) is 0 Å². The van der Waals surface area contributed by atoms with Gasteiger partial charge in [0, 0.05) is 28.9 Å². The molecule has 0 spiro atoms. The lowest BCUT2D eigenvalue weighted by atomic mass is 10.0. The summed E-state index contributed by atoms with van der Waals surface area (Å²) in [5, 5.41) is 6.34. The number of dihydropyridines is 1. The van der Waals surface area contributed by atoms with Crippen LogP contribution >= 0.6 is 0 Å². The minimum atomic E-state index is 0.869. The highest BCUT2D eigenvalue weighted by Gasteiger charge is 2.05. The first-order valence-electron chi connectivity index (χ1n) is 5.93. The molecule has 1 heterocycles. The summed E-state index contributed by atoms with van der Waals surface area (Å²) in [7, 11) is 0. The molecule has 1 aliphatic rings. The van der Waals surface area contributed by atoms with Crippen molar-refractivity contribution in [1.82, 2.24) is 10.6 Å². The lowest BCUT2D eigenvalue weighted by molar-refractivity contribution is 1.03. The summed E-state index contributed by atoms with van der Waals surface area (Å²) in [5.41, 5.74) is 6.36. The third-order valence-electron chi connectivity index (χ3n) is 2.87. The van der Waals surface area contributed by atoms with Gasteiger partial charge in [0.1, 0.15) is 0 Å². The molecule has 0 bridgehead atoms. The second-order valence-corrected chi connectivity index (χ2v) is 4.52. The van der Waals surface area contributed by atoms with Crippen LogP contribution in [0.4, 0.5) is 0 Å². The quantitative estimate of drug-likeness (QED) is 0.843. The van der Waals surface area contributed by atoms with Crippen LogP contribution in [0.25, 0.3) is 5.70 Å². The monoisotopic (exact) mass is 238 g/mol. The molecule has 0 unspecified atom stereocenters. The normalized spacial score (nSPS) is 13.9. The predicted molar refractivity (Wildman–Crippen MR) is 77.6 cm³/mol. The van der Waals surface area contributed by atoms with Crippen molar-refractivity contribution < 1.29 is 0 Å². The van der Waals surface area contributed by atoms with Crippen LogP contribution in [0, 0.1) is 13.8 Å². The van der Waals surface area contributed by atoms with E-state index in [1.807, 2.05) is 18.4 Å². The van der Waals surface area contributed by atoms with Gasteiger partial charge in [0.05, 0.1) is 0 Å². The molecule has 0 aliphatic carbocycles.